The zero-order valence-corrected chi connectivity index (χ0v) is 19.9. The Morgan fingerprint density at radius 2 is 1.69 bits per heavy atom. The van der Waals surface area contributed by atoms with Gasteiger partial charge in [-0.05, 0) is 61.0 Å². The number of benzene rings is 1. The van der Waals surface area contributed by atoms with Gasteiger partial charge in [0, 0.05) is 78.6 Å². The molecule has 0 aliphatic carbocycles. The molecule has 7 heteroatoms. The highest BCUT2D eigenvalue weighted by Crippen LogP contribution is 2.34. The monoisotopic (exact) mass is 476 g/mol. The van der Waals surface area contributed by atoms with Crippen molar-refractivity contribution in [2.75, 3.05) is 31.1 Å². The molecule has 0 radical (unpaired) electrons. The molecule has 1 aromatic carbocycles. The molecule has 5 heterocycles. The fourth-order valence-electron chi connectivity index (χ4n) is 4.65. The van der Waals surface area contributed by atoms with Gasteiger partial charge in [0.15, 0.2) is 5.65 Å². The largest absolute Gasteiger partial charge is 0.354 e. The third-order valence-corrected chi connectivity index (χ3v) is 6.55. The molecule has 0 atom stereocenters. The van der Waals surface area contributed by atoms with Crippen molar-refractivity contribution in [2.24, 2.45) is 0 Å². The van der Waals surface area contributed by atoms with E-state index in [0.717, 1.165) is 65.2 Å². The van der Waals surface area contributed by atoms with Crippen molar-refractivity contribution in [1.29, 1.82) is 0 Å². The zero-order valence-electron chi connectivity index (χ0n) is 19.9. The Balaban J connectivity index is 1.42. The van der Waals surface area contributed by atoms with Gasteiger partial charge in [0.1, 0.15) is 11.6 Å². The molecule has 36 heavy (non-hydrogen) atoms. The average molecular weight is 477 g/mol. The number of hydrogen-bond acceptors (Lipinski definition) is 6. The predicted octanol–water partition coefficient (Wildman–Crippen LogP) is 5.28. The Hall–Kier alpha value is -4.23. The lowest BCUT2D eigenvalue weighted by molar-refractivity contribution is 0.585. The highest BCUT2D eigenvalue weighted by Gasteiger charge is 2.15. The SMILES string of the molecule is Cc1ccc(F)c(-c2cc(-c3cncc(-c4ccc(N5CCNCC5)nc4)c3)c3cccnc3n2)c1. The van der Waals surface area contributed by atoms with Crippen LogP contribution in [0.25, 0.3) is 44.5 Å². The maximum absolute atomic E-state index is 14.8. The average Bonchev–Trinajstić information content (AvgIpc) is 2.94. The standard InChI is InChI=1S/C29H25FN6/c1-19-4-6-26(30)25(13-19)27-15-24(23-3-2-8-33-29(23)35-27)22-14-21(16-32-17-22)20-5-7-28(34-18-20)36-11-9-31-10-12-36/h2-8,13-18,31H,9-12H2,1H3. The van der Waals surface area contributed by atoms with Crippen LogP contribution >= 0.6 is 0 Å². The summed E-state index contributed by atoms with van der Waals surface area (Å²) in [4.78, 5) is 20.7. The van der Waals surface area contributed by atoms with Crippen molar-refractivity contribution in [3.63, 3.8) is 0 Å². The summed E-state index contributed by atoms with van der Waals surface area (Å²) in [6.07, 6.45) is 7.27. The fourth-order valence-corrected chi connectivity index (χ4v) is 4.65. The number of fused-ring (bicyclic) bond motifs is 1. The fraction of sp³-hybridized carbons (Fsp3) is 0.172. The second-order valence-electron chi connectivity index (χ2n) is 9.02. The van der Waals surface area contributed by atoms with E-state index >= 15 is 0 Å². The van der Waals surface area contributed by atoms with Gasteiger partial charge in [-0.25, -0.2) is 19.3 Å². The summed E-state index contributed by atoms with van der Waals surface area (Å²) in [5, 5.41) is 4.26. The number of piperazine rings is 1. The molecule has 1 N–H and O–H groups in total. The molecule has 1 fully saturated rings. The van der Waals surface area contributed by atoms with Gasteiger partial charge in [-0.3, -0.25) is 4.98 Å². The van der Waals surface area contributed by atoms with Crippen LogP contribution in [0.3, 0.4) is 0 Å². The van der Waals surface area contributed by atoms with Crippen LogP contribution in [0, 0.1) is 12.7 Å². The van der Waals surface area contributed by atoms with Crippen LogP contribution in [-0.4, -0.2) is 46.1 Å². The van der Waals surface area contributed by atoms with Crippen molar-refractivity contribution < 1.29 is 4.39 Å². The van der Waals surface area contributed by atoms with Gasteiger partial charge in [-0.2, -0.15) is 0 Å². The normalized spacial score (nSPS) is 13.8. The van der Waals surface area contributed by atoms with E-state index in [2.05, 4.69) is 43.4 Å². The maximum atomic E-state index is 14.8. The summed E-state index contributed by atoms with van der Waals surface area (Å²) in [5.74, 6) is 0.678. The summed E-state index contributed by atoms with van der Waals surface area (Å²) in [5.41, 5.74) is 6.31. The van der Waals surface area contributed by atoms with E-state index in [4.69, 9.17) is 4.98 Å². The third kappa shape index (κ3) is 4.29. The number of aryl methyl sites for hydroxylation is 1. The van der Waals surface area contributed by atoms with Gasteiger partial charge in [-0.15, -0.1) is 0 Å². The van der Waals surface area contributed by atoms with Gasteiger partial charge in [0.25, 0.3) is 0 Å². The molecule has 0 saturated carbocycles. The first-order valence-electron chi connectivity index (χ1n) is 12.1. The van der Waals surface area contributed by atoms with E-state index in [1.54, 1.807) is 12.3 Å². The molecule has 4 aromatic heterocycles. The number of nitrogens with one attached hydrogen (secondary N) is 1. The Morgan fingerprint density at radius 1 is 0.833 bits per heavy atom. The lowest BCUT2D eigenvalue weighted by Gasteiger charge is -2.28. The molecule has 6 rings (SSSR count). The van der Waals surface area contributed by atoms with E-state index in [-0.39, 0.29) is 5.82 Å². The Morgan fingerprint density at radius 3 is 2.53 bits per heavy atom. The summed E-state index contributed by atoms with van der Waals surface area (Å²) >= 11 is 0. The minimum absolute atomic E-state index is 0.308. The first-order valence-corrected chi connectivity index (χ1v) is 12.1. The summed E-state index contributed by atoms with van der Waals surface area (Å²) < 4.78 is 14.8. The van der Waals surface area contributed by atoms with Gasteiger partial charge in [0.2, 0.25) is 0 Å². The smallest absolute Gasteiger partial charge is 0.160 e. The minimum atomic E-state index is -0.308. The van der Waals surface area contributed by atoms with Crippen molar-refractivity contribution >= 4 is 16.9 Å². The summed E-state index contributed by atoms with van der Waals surface area (Å²) in [7, 11) is 0. The van der Waals surface area contributed by atoms with Gasteiger partial charge < -0.3 is 10.2 Å². The molecular weight excluding hydrogens is 451 g/mol. The van der Waals surface area contributed by atoms with E-state index in [1.807, 2.05) is 49.8 Å². The number of pyridine rings is 4. The molecule has 1 saturated heterocycles. The number of halogens is 1. The quantitative estimate of drug-likeness (QED) is 0.381. The van der Waals surface area contributed by atoms with Gasteiger partial charge in [0.05, 0.1) is 5.69 Å². The molecule has 0 bridgehead atoms. The maximum Gasteiger partial charge on any atom is 0.160 e. The number of aromatic nitrogens is 4. The van der Waals surface area contributed by atoms with Crippen LogP contribution in [0.5, 0.6) is 0 Å². The summed E-state index contributed by atoms with van der Waals surface area (Å²) in [6, 6.07) is 17.1. The van der Waals surface area contributed by atoms with E-state index in [0.29, 0.717) is 16.9 Å². The highest BCUT2D eigenvalue weighted by atomic mass is 19.1. The van der Waals surface area contributed by atoms with Crippen molar-refractivity contribution in [2.45, 2.75) is 6.92 Å². The molecule has 6 nitrogen and oxygen atoms in total. The van der Waals surface area contributed by atoms with Crippen molar-refractivity contribution in [1.82, 2.24) is 25.3 Å². The molecule has 0 spiro atoms. The molecule has 0 unspecified atom stereocenters. The van der Waals surface area contributed by atoms with Crippen LogP contribution in [0.15, 0.2) is 79.4 Å². The van der Waals surface area contributed by atoms with E-state index in [9.17, 15) is 4.39 Å². The van der Waals surface area contributed by atoms with Crippen LogP contribution < -0.4 is 10.2 Å². The lowest BCUT2D eigenvalue weighted by atomic mass is 9.98. The van der Waals surface area contributed by atoms with Gasteiger partial charge >= 0.3 is 0 Å². The summed E-state index contributed by atoms with van der Waals surface area (Å²) in [6.45, 7) is 5.79. The lowest BCUT2D eigenvalue weighted by Crippen LogP contribution is -2.43. The minimum Gasteiger partial charge on any atom is -0.354 e. The van der Waals surface area contributed by atoms with Crippen LogP contribution in [-0.2, 0) is 0 Å². The van der Waals surface area contributed by atoms with Gasteiger partial charge in [-0.1, -0.05) is 11.6 Å². The number of anilines is 1. The number of nitrogens with zero attached hydrogens (tertiary/aromatic N) is 5. The van der Waals surface area contributed by atoms with Crippen LogP contribution in [0.1, 0.15) is 5.56 Å². The number of hydrogen-bond donors (Lipinski definition) is 1. The molecule has 1 aliphatic rings. The molecule has 1 aliphatic heterocycles. The van der Waals surface area contributed by atoms with E-state index < -0.39 is 0 Å². The topological polar surface area (TPSA) is 66.8 Å². The Bertz CT molecular complexity index is 1540. The van der Waals surface area contributed by atoms with E-state index in [1.165, 1.54) is 6.07 Å². The number of rotatable bonds is 4. The second-order valence-corrected chi connectivity index (χ2v) is 9.02. The Labute approximate surface area is 208 Å². The first kappa shape index (κ1) is 22.2. The Kier molecular flexibility index (Phi) is 5.83. The van der Waals surface area contributed by atoms with Crippen LogP contribution in [0.4, 0.5) is 10.2 Å². The second kappa shape index (κ2) is 9.43. The molecule has 5 aromatic rings. The molecule has 0 amide bonds. The molecule has 178 valence electrons. The highest BCUT2D eigenvalue weighted by molar-refractivity contribution is 5.95. The zero-order chi connectivity index (χ0) is 24.5. The predicted molar refractivity (Wildman–Crippen MR) is 141 cm³/mol. The van der Waals surface area contributed by atoms with Crippen molar-refractivity contribution in [3.8, 4) is 33.5 Å². The first-order chi connectivity index (χ1) is 17.7. The van der Waals surface area contributed by atoms with Crippen LogP contribution in [0.2, 0.25) is 0 Å². The molecular formula is C29H25FN6. The van der Waals surface area contributed by atoms with Crippen molar-refractivity contribution in [3.05, 3.63) is 90.8 Å². The third-order valence-electron chi connectivity index (χ3n) is 6.55.